The number of nitrogens with zero attached hydrogens (tertiary/aromatic N) is 2. The second-order valence-corrected chi connectivity index (χ2v) is 4.71. The molecule has 2 aromatic rings. The number of para-hydroxylation sites is 1. The van der Waals surface area contributed by atoms with Gasteiger partial charge in [-0.2, -0.15) is 0 Å². The molecule has 110 valence electrons. The topological polar surface area (TPSA) is 77.3 Å². The standard InChI is InChI=1S/C14H14ClN3O3/c1-2-6-17-12-4-3-5-13(14(12)18(19)20)21-11-7-10(15)8-16-9-11/h3-5,7-9,17H,2,6H2,1H3. The fraction of sp³-hybridized carbons (Fsp3) is 0.214. The first kappa shape index (κ1) is 15.1. The molecule has 7 heteroatoms. The lowest BCUT2D eigenvalue weighted by molar-refractivity contribution is -0.384. The molecule has 0 unspecified atom stereocenters. The van der Waals surface area contributed by atoms with Crippen LogP contribution in [0.5, 0.6) is 11.5 Å². The molecular weight excluding hydrogens is 294 g/mol. The van der Waals surface area contributed by atoms with Gasteiger partial charge in [-0.25, -0.2) is 0 Å². The van der Waals surface area contributed by atoms with Gasteiger partial charge >= 0.3 is 5.69 Å². The maximum Gasteiger partial charge on any atom is 0.334 e. The Hall–Kier alpha value is -2.34. The Balaban J connectivity index is 2.36. The van der Waals surface area contributed by atoms with E-state index < -0.39 is 4.92 Å². The molecule has 0 atom stereocenters. The molecule has 0 amide bonds. The maximum atomic E-state index is 11.3. The average molecular weight is 308 g/mol. The fourth-order valence-electron chi connectivity index (χ4n) is 1.77. The highest BCUT2D eigenvalue weighted by molar-refractivity contribution is 6.30. The van der Waals surface area contributed by atoms with E-state index >= 15 is 0 Å². The number of anilines is 1. The second kappa shape index (κ2) is 6.90. The van der Waals surface area contributed by atoms with Crippen LogP contribution in [0.15, 0.2) is 36.7 Å². The highest BCUT2D eigenvalue weighted by atomic mass is 35.5. The molecule has 2 rings (SSSR count). The molecule has 0 aliphatic heterocycles. The average Bonchev–Trinajstić information content (AvgIpc) is 2.45. The van der Waals surface area contributed by atoms with E-state index in [2.05, 4.69) is 10.3 Å². The minimum atomic E-state index is -0.467. The summed E-state index contributed by atoms with van der Waals surface area (Å²) in [6.45, 7) is 2.62. The molecule has 6 nitrogen and oxygen atoms in total. The van der Waals surface area contributed by atoms with Crippen LogP contribution in [0.2, 0.25) is 5.02 Å². The molecule has 0 aliphatic carbocycles. The molecule has 21 heavy (non-hydrogen) atoms. The van der Waals surface area contributed by atoms with Gasteiger partial charge in [-0.3, -0.25) is 15.1 Å². The van der Waals surface area contributed by atoms with Crippen molar-refractivity contribution in [1.29, 1.82) is 0 Å². The Bertz CT molecular complexity index is 649. The molecule has 1 N–H and O–H groups in total. The van der Waals surface area contributed by atoms with Crippen molar-refractivity contribution < 1.29 is 9.66 Å². The number of hydrogen-bond acceptors (Lipinski definition) is 5. The summed E-state index contributed by atoms with van der Waals surface area (Å²) >= 11 is 5.82. The van der Waals surface area contributed by atoms with E-state index in [-0.39, 0.29) is 11.4 Å². The predicted octanol–water partition coefficient (Wildman–Crippen LogP) is 4.26. The van der Waals surface area contributed by atoms with Gasteiger partial charge in [0.25, 0.3) is 0 Å². The van der Waals surface area contributed by atoms with Gasteiger partial charge in [-0.05, 0) is 18.6 Å². The molecule has 1 heterocycles. The van der Waals surface area contributed by atoms with Crippen LogP contribution in [-0.2, 0) is 0 Å². The molecule has 0 radical (unpaired) electrons. The van der Waals surface area contributed by atoms with E-state index in [0.717, 1.165) is 6.42 Å². The zero-order valence-electron chi connectivity index (χ0n) is 11.4. The Labute approximate surface area is 126 Å². The van der Waals surface area contributed by atoms with Gasteiger partial charge in [-0.1, -0.05) is 24.6 Å². The van der Waals surface area contributed by atoms with E-state index in [0.29, 0.717) is 23.0 Å². The number of nitro benzene ring substituents is 1. The molecular formula is C14H14ClN3O3. The first-order valence-electron chi connectivity index (χ1n) is 6.41. The molecule has 1 aromatic heterocycles. The highest BCUT2D eigenvalue weighted by Gasteiger charge is 2.21. The van der Waals surface area contributed by atoms with Crippen molar-refractivity contribution in [3.63, 3.8) is 0 Å². The maximum absolute atomic E-state index is 11.3. The van der Waals surface area contributed by atoms with Crippen LogP contribution < -0.4 is 10.1 Å². The van der Waals surface area contributed by atoms with Crippen LogP contribution in [0.1, 0.15) is 13.3 Å². The Morgan fingerprint density at radius 1 is 1.43 bits per heavy atom. The third-order valence-electron chi connectivity index (χ3n) is 2.65. The molecule has 0 fully saturated rings. The minimum absolute atomic E-state index is 0.106. The van der Waals surface area contributed by atoms with Crippen LogP contribution in [0.25, 0.3) is 0 Å². The number of halogens is 1. The molecule has 1 aromatic carbocycles. The molecule has 0 bridgehead atoms. The van der Waals surface area contributed by atoms with Crippen molar-refractivity contribution >= 4 is 23.0 Å². The van der Waals surface area contributed by atoms with Crippen molar-refractivity contribution in [3.05, 3.63) is 51.8 Å². The zero-order chi connectivity index (χ0) is 15.2. The Morgan fingerprint density at radius 2 is 2.24 bits per heavy atom. The Kier molecular flexibility index (Phi) is 4.94. The van der Waals surface area contributed by atoms with E-state index in [4.69, 9.17) is 16.3 Å². The first-order chi connectivity index (χ1) is 10.1. The monoisotopic (exact) mass is 307 g/mol. The highest BCUT2D eigenvalue weighted by Crippen LogP contribution is 2.37. The van der Waals surface area contributed by atoms with E-state index in [1.54, 1.807) is 18.2 Å². The van der Waals surface area contributed by atoms with Gasteiger partial charge in [-0.15, -0.1) is 0 Å². The normalized spacial score (nSPS) is 10.2. The summed E-state index contributed by atoms with van der Waals surface area (Å²) in [6.07, 6.45) is 3.77. The van der Waals surface area contributed by atoms with Crippen molar-refractivity contribution in [1.82, 2.24) is 4.98 Å². The zero-order valence-corrected chi connectivity index (χ0v) is 12.1. The molecule has 0 spiro atoms. The van der Waals surface area contributed by atoms with Crippen molar-refractivity contribution in [3.8, 4) is 11.5 Å². The number of aromatic nitrogens is 1. The summed E-state index contributed by atoms with van der Waals surface area (Å²) in [7, 11) is 0. The number of ether oxygens (including phenoxy) is 1. The lowest BCUT2D eigenvalue weighted by Crippen LogP contribution is -2.04. The van der Waals surface area contributed by atoms with Gasteiger partial charge in [0, 0.05) is 18.8 Å². The molecule has 0 saturated heterocycles. The van der Waals surface area contributed by atoms with Crippen LogP contribution >= 0.6 is 11.6 Å². The number of nitro groups is 1. The third-order valence-corrected chi connectivity index (χ3v) is 2.86. The quantitative estimate of drug-likeness (QED) is 0.637. The SMILES string of the molecule is CCCNc1cccc(Oc2cncc(Cl)c2)c1[N+](=O)[O-]. The van der Waals surface area contributed by atoms with Crippen molar-refractivity contribution in [2.45, 2.75) is 13.3 Å². The first-order valence-corrected chi connectivity index (χ1v) is 6.79. The summed E-state index contributed by atoms with van der Waals surface area (Å²) in [6, 6.07) is 6.43. The lowest BCUT2D eigenvalue weighted by atomic mass is 10.2. The smallest absolute Gasteiger partial charge is 0.334 e. The number of benzene rings is 1. The number of rotatable bonds is 6. The summed E-state index contributed by atoms with van der Waals surface area (Å²) < 4.78 is 5.54. The van der Waals surface area contributed by atoms with Crippen LogP contribution in [-0.4, -0.2) is 16.5 Å². The van der Waals surface area contributed by atoms with Crippen LogP contribution in [0.3, 0.4) is 0 Å². The second-order valence-electron chi connectivity index (χ2n) is 4.28. The summed E-state index contributed by atoms with van der Waals surface area (Å²) in [5.41, 5.74) is 0.320. The van der Waals surface area contributed by atoms with Gasteiger partial charge in [0.15, 0.2) is 0 Å². The molecule has 0 aliphatic rings. The number of hydrogen-bond donors (Lipinski definition) is 1. The minimum Gasteiger partial charge on any atom is -0.448 e. The van der Waals surface area contributed by atoms with E-state index in [9.17, 15) is 10.1 Å². The predicted molar refractivity (Wildman–Crippen MR) is 81.2 cm³/mol. The van der Waals surface area contributed by atoms with Crippen molar-refractivity contribution in [2.75, 3.05) is 11.9 Å². The third kappa shape index (κ3) is 3.82. The summed E-state index contributed by atoms with van der Waals surface area (Å²) in [4.78, 5) is 14.7. The van der Waals surface area contributed by atoms with Gasteiger partial charge in [0.05, 0.1) is 16.1 Å². The van der Waals surface area contributed by atoms with Gasteiger partial charge in [0.1, 0.15) is 11.4 Å². The van der Waals surface area contributed by atoms with Crippen LogP contribution in [0, 0.1) is 10.1 Å². The largest absolute Gasteiger partial charge is 0.448 e. The number of pyridine rings is 1. The Morgan fingerprint density at radius 3 is 2.90 bits per heavy atom. The fourth-order valence-corrected chi connectivity index (χ4v) is 1.93. The molecule has 0 saturated carbocycles. The summed E-state index contributed by atoms with van der Waals surface area (Å²) in [5, 5.41) is 14.7. The van der Waals surface area contributed by atoms with Crippen LogP contribution in [0.4, 0.5) is 11.4 Å². The van der Waals surface area contributed by atoms with Gasteiger partial charge < -0.3 is 10.1 Å². The summed E-state index contributed by atoms with van der Waals surface area (Å²) in [5.74, 6) is 0.489. The van der Waals surface area contributed by atoms with Crippen molar-refractivity contribution in [2.24, 2.45) is 0 Å². The van der Waals surface area contributed by atoms with E-state index in [1.165, 1.54) is 18.5 Å². The number of nitrogens with one attached hydrogen (secondary N) is 1. The lowest BCUT2D eigenvalue weighted by Gasteiger charge is -2.10. The van der Waals surface area contributed by atoms with Gasteiger partial charge in [0.2, 0.25) is 5.75 Å². The van der Waals surface area contributed by atoms with E-state index in [1.807, 2.05) is 6.92 Å².